The van der Waals surface area contributed by atoms with Gasteiger partial charge in [-0.25, -0.2) is 0 Å². The summed E-state index contributed by atoms with van der Waals surface area (Å²) in [5.74, 6) is 1.38. The van der Waals surface area contributed by atoms with Crippen molar-refractivity contribution in [1.29, 1.82) is 0 Å². The molecule has 1 aliphatic heterocycles. The lowest BCUT2D eigenvalue weighted by molar-refractivity contribution is 0.0320. The summed E-state index contributed by atoms with van der Waals surface area (Å²) in [7, 11) is 1.82. The summed E-state index contributed by atoms with van der Waals surface area (Å²) >= 11 is 0. The van der Waals surface area contributed by atoms with E-state index in [1.54, 1.807) is 0 Å². The highest BCUT2D eigenvalue weighted by atomic mass is 16.5. The van der Waals surface area contributed by atoms with Crippen molar-refractivity contribution in [3.8, 4) is 0 Å². The van der Waals surface area contributed by atoms with Gasteiger partial charge in [0.1, 0.15) is 0 Å². The van der Waals surface area contributed by atoms with Crippen molar-refractivity contribution in [2.45, 2.75) is 20.0 Å². The maximum atomic E-state index is 5.42. The molecule has 1 aromatic heterocycles. The number of rotatable bonds is 8. The second kappa shape index (κ2) is 10.8. The second-order valence-corrected chi connectivity index (χ2v) is 7.30. The number of morpholine rings is 1. The third-order valence-corrected chi connectivity index (χ3v) is 4.97. The second-order valence-electron chi connectivity index (χ2n) is 7.30. The molecule has 1 aromatic carbocycles. The first-order chi connectivity index (χ1) is 13.7. The van der Waals surface area contributed by atoms with Crippen molar-refractivity contribution in [2.24, 2.45) is 10.9 Å². The summed E-state index contributed by atoms with van der Waals surface area (Å²) in [6.45, 7) is 9.51. The fourth-order valence-electron chi connectivity index (χ4n) is 3.41. The van der Waals surface area contributed by atoms with E-state index in [0.717, 1.165) is 58.4 Å². The predicted octanol–water partition coefficient (Wildman–Crippen LogP) is 1.56. The smallest absolute Gasteiger partial charge is 0.191 e. The summed E-state index contributed by atoms with van der Waals surface area (Å²) in [6, 6.07) is 10.4. The first kappa shape index (κ1) is 20.4. The lowest BCUT2D eigenvalue weighted by atomic mass is 10.1. The lowest BCUT2D eigenvalue weighted by Crippen LogP contribution is -2.43. The molecule has 1 fully saturated rings. The summed E-state index contributed by atoms with van der Waals surface area (Å²) < 4.78 is 7.37. The molecular weight excluding hydrogens is 352 g/mol. The van der Waals surface area contributed by atoms with Gasteiger partial charge >= 0.3 is 0 Å². The molecule has 0 radical (unpaired) electrons. The Balaban J connectivity index is 1.46. The van der Waals surface area contributed by atoms with Crippen LogP contribution in [0.3, 0.4) is 0 Å². The average Bonchev–Trinajstić information content (AvgIpc) is 3.23. The number of nitrogens with one attached hydrogen (secondary N) is 2. The molecular formula is C21H32N6O. The van der Waals surface area contributed by atoms with Crippen molar-refractivity contribution in [3.05, 3.63) is 53.9 Å². The van der Waals surface area contributed by atoms with Crippen LogP contribution in [0, 0.1) is 5.92 Å². The van der Waals surface area contributed by atoms with Crippen molar-refractivity contribution in [3.63, 3.8) is 0 Å². The summed E-state index contributed by atoms with van der Waals surface area (Å²) in [6.07, 6.45) is 3.80. The molecule has 7 heteroatoms. The van der Waals surface area contributed by atoms with Crippen LogP contribution in [-0.2, 0) is 17.8 Å². The van der Waals surface area contributed by atoms with Gasteiger partial charge < -0.3 is 15.4 Å². The van der Waals surface area contributed by atoms with Crippen LogP contribution < -0.4 is 10.6 Å². The number of benzene rings is 1. The first-order valence-electron chi connectivity index (χ1n) is 10.0. The molecule has 152 valence electrons. The zero-order valence-electron chi connectivity index (χ0n) is 17.0. The predicted molar refractivity (Wildman–Crippen MR) is 112 cm³/mol. The number of aliphatic imine (C=N–C) groups is 1. The van der Waals surface area contributed by atoms with Gasteiger partial charge in [-0.2, -0.15) is 5.10 Å². The number of hydrogen-bond donors (Lipinski definition) is 2. The van der Waals surface area contributed by atoms with Crippen molar-refractivity contribution < 1.29 is 4.74 Å². The van der Waals surface area contributed by atoms with Crippen LogP contribution in [0.5, 0.6) is 0 Å². The lowest BCUT2D eigenvalue weighted by Gasteiger charge is -2.29. The number of guanidine groups is 1. The molecule has 0 aliphatic carbocycles. The third kappa shape index (κ3) is 6.35. The Labute approximate surface area is 167 Å². The third-order valence-electron chi connectivity index (χ3n) is 4.97. The van der Waals surface area contributed by atoms with E-state index in [9.17, 15) is 0 Å². The number of nitrogens with zero attached hydrogens (tertiary/aromatic N) is 4. The Morgan fingerprint density at radius 2 is 1.96 bits per heavy atom. The minimum atomic E-state index is 0.545. The highest BCUT2D eigenvalue weighted by Crippen LogP contribution is 2.10. The molecule has 7 nitrogen and oxygen atoms in total. The van der Waals surface area contributed by atoms with Crippen molar-refractivity contribution >= 4 is 5.96 Å². The molecule has 1 unspecified atom stereocenters. The van der Waals surface area contributed by atoms with E-state index < -0.39 is 0 Å². The fraction of sp³-hybridized carbons (Fsp3) is 0.524. The van der Waals surface area contributed by atoms with Crippen LogP contribution in [0.4, 0.5) is 0 Å². The first-order valence-corrected chi connectivity index (χ1v) is 10.0. The van der Waals surface area contributed by atoms with E-state index in [1.807, 2.05) is 30.2 Å². The van der Waals surface area contributed by atoms with E-state index in [0.29, 0.717) is 5.92 Å². The molecule has 1 saturated heterocycles. The largest absolute Gasteiger partial charge is 0.379 e. The quantitative estimate of drug-likeness (QED) is 0.534. The molecule has 28 heavy (non-hydrogen) atoms. The molecule has 1 aliphatic rings. The Morgan fingerprint density at radius 1 is 1.18 bits per heavy atom. The maximum Gasteiger partial charge on any atom is 0.191 e. The average molecular weight is 385 g/mol. The monoisotopic (exact) mass is 384 g/mol. The SMILES string of the molecule is CN=C(NCc1ccccc1Cn1cccn1)NCC(C)CN1CCOCC1. The van der Waals surface area contributed by atoms with Gasteiger partial charge in [-0.05, 0) is 23.1 Å². The molecule has 0 bridgehead atoms. The van der Waals surface area contributed by atoms with Crippen molar-refractivity contribution in [1.82, 2.24) is 25.3 Å². The minimum absolute atomic E-state index is 0.545. The molecule has 2 N–H and O–H groups in total. The zero-order chi connectivity index (χ0) is 19.6. The topological polar surface area (TPSA) is 66.7 Å². The Hall–Kier alpha value is -2.38. The highest BCUT2D eigenvalue weighted by Gasteiger charge is 2.14. The molecule has 3 rings (SSSR count). The van der Waals surface area contributed by atoms with Gasteiger partial charge in [0, 0.05) is 52.2 Å². The van der Waals surface area contributed by atoms with E-state index in [-0.39, 0.29) is 0 Å². The van der Waals surface area contributed by atoms with Crippen molar-refractivity contribution in [2.75, 3.05) is 46.4 Å². The number of ether oxygens (including phenoxy) is 1. The summed E-state index contributed by atoms with van der Waals surface area (Å²) in [4.78, 5) is 6.84. The Kier molecular flexibility index (Phi) is 7.87. The van der Waals surface area contributed by atoms with Crippen LogP contribution in [0.15, 0.2) is 47.7 Å². The van der Waals surface area contributed by atoms with E-state index in [1.165, 1.54) is 11.1 Å². The zero-order valence-corrected chi connectivity index (χ0v) is 17.0. The van der Waals surface area contributed by atoms with Gasteiger partial charge in [0.15, 0.2) is 5.96 Å². The maximum absolute atomic E-state index is 5.42. The van der Waals surface area contributed by atoms with Gasteiger partial charge in [0.2, 0.25) is 0 Å². The van der Waals surface area contributed by atoms with Crippen LogP contribution >= 0.6 is 0 Å². The number of aromatic nitrogens is 2. The van der Waals surface area contributed by atoms with Gasteiger partial charge in [-0.15, -0.1) is 0 Å². The van der Waals surface area contributed by atoms with Crippen LogP contribution in [0.25, 0.3) is 0 Å². The summed E-state index contributed by atoms with van der Waals surface area (Å²) in [5.41, 5.74) is 2.51. The summed E-state index contributed by atoms with van der Waals surface area (Å²) in [5, 5.41) is 11.2. The van der Waals surface area contributed by atoms with Crippen LogP contribution in [-0.4, -0.2) is 67.1 Å². The molecule has 0 spiro atoms. The Morgan fingerprint density at radius 3 is 2.68 bits per heavy atom. The molecule has 2 heterocycles. The molecule has 0 saturated carbocycles. The minimum Gasteiger partial charge on any atom is -0.379 e. The molecule has 1 atom stereocenters. The van der Waals surface area contributed by atoms with E-state index in [4.69, 9.17) is 4.74 Å². The van der Waals surface area contributed by atoms with E-state index in [2.05, 4.69) is 56.8 Å². The molecule has 2 aromatic rings. The van der Waals surface area contributed by atoms with Gasteiger partial charge in [-0.3, -0.25) is 14.6 Å². The van der Waals surface area contributed by atoms with Gasteiger partial charge in [0.05, 0.1) is 19.8 Å². The fourth-order valence-corrected chi connectivity index (χ4v) is 3.41. The van der Waals surface area contributed by atoms with Gasteiger partial charge in [-0.1, -0.05) is 31.2 Å². The standard InChI is InChI=1S/C21H32N6O/c1-18(16-26-10-12-28-13-11-26)14-23-21(22-2)24-15-19-6-3-4-7-20(19)17-27-9-5-8-25-27/h3-9,18H,10-17H2,1-2H3,(H2,22,23,24). The highest BCUT2D eigenvalue weighted by molar-refractivity contribution is 5.79. The van der Waals surface area contributed by atoms with E-state index >= 15 is 0 Å². The molecule has 0 amide bonds. The van der Waals surface area contributed by atoms with Crippen LogP contribution in [0.2, 0.25) is 0 Å². The van der Waals surface area contributed by atoms with Crippen LogP contribution in [0.1, 0.15) is 18.1 Å². The van der Waals surface area contributed by atoms with Gasteiger partial charge in [0.25, 0.3) is 0 Å². The number of hydrogen-bond acceptors (Lipinski definition) is 4. The normalized spacial score (nSPS) is 16.7. The Bertz CT molecular complexity index is 724.